The molecule has 0 bridgehead atoms. The van der Waals surface area contributed by atoms with E-state index in [-0.39, 0.29) is 12.2 Å². The van der Waals surface area contributed by atoms with Crippen LogP contribution in [0.15, 0.2) is 42.5 Å². The normalized spacial score (nSPS) is 17.0. The summed E-state index contributed by atoms with van der Waals surface area (Å²) < 4.78 is 39.4. The number of carbonyl (C=O) groups excluding carboxylic acids is 1. The Morgan fingerprint density at radius 2 is 1.54 bits per heavy atom. The molecular weight excluding hydrogens is 313 g/mol. The Morgan fingerprint density at radius 3 is 2.33 bits per heavy atom. The largest absolute Gasteiger partial charge is 0.416 e. The lowest BCUT2D eigenvalue weighted by molar-refractivity contribution is -0.137. The molecule has 0 radical (unpaired) electrons. The minimum absolute atomic E-state index is 0.0940. The molecule has 2 aromatic rings. The van der Waals surface area contributed by atoms with Crippen LogP contribution in [0.1, 0.15) is 47.1 Å². The quantitative estimate of drug-likeness (QED) is 0.643. The van der Waals surface area contributed by atoms with E-state index in [1.165, 1.54) is 6.07 Å². The van der Waals surface area contributed by atoms with Crippen LogP contribution in [0.2, 0.25) is 0 Å². The van der Waals surface area contributed by atoms with E-state index < -0.39 is 11.7 Å². The van der Waals surface area contributed by atoms with Gasteiger partial charge in [0.15, 0.2) is 0 Å². The van der Waals surface area contributed by atoms with E-state index in [4.69, 9.17) is 0 Å². The number of fused-ring (bicyclic) bond motifs is 4. The first-order valence-corrected chi connectivity index (χ1v) is 7.96. The third kappa shape index (κ3) is 2.46. The highest BCUT2D eigenvalue weighted by Gasteiger charge is 2.33. The molecule has 122 valence electrons. The van der Waals surface area contributed by atoms with Gasteiger partial charge in [0.25, 0.3) is 0 Å². The third-order valence-electron chi connectivity index (χ3n) is 4.88. The van der Waals surface area contributed by atoms with Crippen LogP contribution >= 0.6 is 0 Å². The van der Waals surface area contributed by atoms with Crippen LogP contribution in [0.3, 0.4) is 0 Å². The number of rotatable bonds is 0. The molecule has 0 spiro atoms. The van der Waals surface area contributed by atoms with E-state index in [2.05, 4.69) is 0 Å². The summed E-state index contributed by atoms with van der Waals surface area (Å²) in [5, 5.41) is 0. The maximum absolute atomic E-state index is 13.1. The molecule has 0 aromatic heterocycles. The van der Waals surface area contributed by atoms with Crippen molar-refractivity contribution in [2.24, 2.45) is 0 Å². The van der Waals surface area contributed by atoms with Crippen LogP contribution in [-0.2, 0) is 17.4 Å². The lowest BCUT2D eigenvalue weighted by atomic mass is 9.83. The molecule has 0 amide bonds. The summed E-state index contributed by atoms with van der Waals surface area (Å²) in [5.41, 5.74) is 4.78. The van der Waals surface area contributed by atoms with Crippen molar-refractivity contribution in [1.29, 1.82) is 0 Å². The molecular formula is C20H15F3O. The van der Waals surface area contributed by atoms with E-state index in [1.807, 2.05) is 24.3 Å². The Morgan fingerprint density at radius 1 is 0.792 bits per heavy atom. The number of hydrogen-bond acceptors (Lipinski definition) is 1. The van der Waals surface area contributed by atoms with Gasteiger partial charge in [-0.25, -0.2) is 0 Å². The van der Waals surface area contributed by atoms with Crippen LogP contribution in [0, 0.1) is 0 Å². The predicted octanol–water partition coefficient (Wildman–Crippen LogP) is 5.27. The van der Waals surface area contributed by atoms with Crippen LogP contribution in [0.25, 0.3) is 11.1 Å². The zero-order valence-electron chi connectivity index (χ0n) is 12.9. The van der Waals surface area contributed by atoms with Gasteiger partial charge < -0.3 is 0 Å². The van der Waals surface area contributed by atoms with E-state index >= 15 is 0 Å². The van der Waals surface area contributed by atoms with Gasteiger partial charge in [0.2, 0.25) is 0 Å². The molecule has 0 atom stereocenters. The summed E-state index contributed by atoms with van der Waals surface area (Å²) in [6.07, 6.45) is -2.52. The number of carbonyl (C=O) groups is 1. The van der Waals surface area contributed by atoms with Gasteiger partial charge in [-0.1, -0.05) is 30.3 Å². The zero-order valence-corrected chi connectivity index (χ0v) is 12.9. The fraction of sp³-hybridized carbons (Fsp3) is 0.250. The first-order chi connectivity index (χ1) is 11.4. The lowest BCUT2D eigenvalue weighted by Gasteiger charge is -2.21. The zero-order chi connectivity index (χ0) is 16.9. The molecule has 0 aliphatic heterocycles. The molecule has 0 saturated carbocycles. The van der Waals surface area contributed by atoms with Crippen molar-refractivity contribution in [3.63, 3.8) is 0 Å². The van der Waals surface area contributed by atoms with Gasteiger partial charge >= 0.3 is 6.18 Å². The lowest BCUT2D eigenvalue weighted by Crippen LogP contribution is -2.10. The van der Waals surface area contributed by atoms with Crippen molar-refractivity contribution in [2.75, 3.05) is 0 Å². The first-order valence-electron chi connectivity index (χ1n) is 7.96. The topological polar surface area (TPSA) is 17.1 Å². The summed E-state index contributed by atoms with van der Waals surface area (Å²) >= 11 is 0. The van der Waals surface area contributed by atoms with E-state index in [1.54, 1.807) is 6.07 Å². The molecule has 0 fully saturated rings. The predicted molar refractivity (Wildman–Crippen MR) is 86.4 cm³/mol. The average molecular weight is 328 g/mol. The standard InChI is InChI=1S/C20H15F3O/c21-20(22,23)14-6-5-13-9-12-3-1-2-4-16(12)17-8-7-15(24)11-19(17)18(13)10-14/h1-6,10H,7-9,11H2. The van der Waals surface area contributed by atoms with Gasteiger partial charge in [-0.05, 0) is 58.4 Å². The molecule has 2 aliphatic rings. The first kappa shape index (κ1) is 15.2. The number of ketones is 1. The molecule has 0 N–H and O–H groups in total. The molecule has 4 heteroatoms. The number of Topliss-reactive ketones (excluding diaryl/α,β-unsaturated/α-hetero) is 1. The minimum atomic E-state index is -4.38. The summed E-state index contributed by atoms with van der Waals surface area (Å²) in [7, 11) is 0. The molecule has 0 heterocycles. The second kappa shape index (κ2) is 5.33. The minimum Gasteiger partial charge on any atom is -0.299 e. The molecule has 2 aromatic carbocycles. The number of benzene rings is 2. The van der Waals surface area contributed by atoms with Crippen LogP contribution in [0.4, 0.5) is 13.2 Å². The summed E-state index contributed by atoms with van der Waals surface area (Å²) in [5.74, 6) is 0.0940. The van der Waals surface area contributed by atoms with Crippen LogP contribution in [0.5, 0.6) is 0 Å². The fourth-order valence-electron chi connectivity index (χ4n) is 3.72. The highest BCUT2D eigenvalue weighted by Crippen LogP contribution is 2.44. The summed E-state index contributed by atoms with van der Waals surface area (Å²) in [6, 6.07) is 11.8. The SMILES string of the molecule is O=C1CCC2=C(C1)c1cc(C(F)(F)F)ccc1Cc1ccccc12. The van der Waals surface area contributed by atoms with Crippen molar-refractivity contribution in [3.8, 4) is 0 Å². The average Bonchev–Trinajstić information content (AvgIpc) is 2.67. The number of allylic oxidation sites excluding steroid dienone is 2. The second-order valence-corrected chi connectivity index (χ2v) is 6.38. The van der Waals surface area contributed by atoms with Crippen molar-refractivity contribution in [1.82, 2.24) is 0 Å². The van der Waals surface area contributed by atoms with Crippen molar-refractivity contribution >= 4 is 16.9 Å². The van der Waals surface area contributed by atoms with Gasteiger partial charge in [-0.15, -0.1) is 0 Å². The Bertz CT molecular complexity index is 875. The second-order valence-electron chi connectivity index (χ2n) is 6.38. The van der Waals surface area contributed by atoms with Gasteiger partial charge in [-0.2, -0.15) is 13.2 Å². The van der Waals surface area contributed by atoms with Gasteiger partial charge in [0.05, 0.1) is 5.56 Å². The van der Waals surface area contributed by atoms with E-state index in [9.17, 15) is 18.0 Å². The molecule has 24 heavy (non-hydrogen) atoms. The van der Waals surface area contributed by atoms with E-state index in [0.717, 1.165) is 33.9 Å². The van der Waals surface area contributed by atoms with Crippen LogP contribution in [-0.4, -0.2) is 5.78 Å². The number of hydrogen-bond donors (Lipinski definition) is 0. The highest BCUT2D eigenvalue weighted by molar-refractivity contribution is 6.05. The van der Waals surface area contributed by atoms with Gasteiger partial charge in [0, 0.05) is 12.8 Å². The van der Waals surface area contributed by atoms with Crippen molar-refractivity contribution < 1.29 is 18.0 Å². The molecule has 4 rings (SSSR count). The Hall–Kier alpha value is -2.36. The fourth-order valence-corrected chi connectivity index (χ4v) is 3.72. The van der Waals surface area contributed by atoms with Crippen molar-refractivity contribution in [3.05, 3.63) is 70.3 Å². The Balaban J connectivity index is 1.99. The Labute approximate surface area is 137 Å². The van der Waals surface area contributed by atoms with Gasteiger partial charge in [-0.3, -0.25) is 4.79 Å². The van der Waals surface area contributed by atoms with Crippen LogP contribution < -0.4 is 0 Å². The Kier molecular flexibility index (Phi) is 3.37. The maximum atomic E-state index is 13.1. The monoisotopic (exact) mass is 328 g/mol. The van der Waals surface area contributed by atoms with Crippen molar-refractivity contribution in [2.45, 2.75) is 31.9 Å². The molecule has 0 unspecified atom stereocenters. The number of alkyl halides is 3. The van der Waals surface area contributed by atoms with Gasteiger partial charge in [0.1, 0.15) is 5.78 Å². The number of halogens is 3. The highest BCUT2D eigenvalue weighted by atomic mass is 19.4. The molecule has 1 nitrogen and oxygen atoms in total. The third-order valence-corrected chi connectivity index (χ3v) is 4.88. The smallest absolute Gasteiger partial charge is 0.299 e. The summed E-state index contributed by atoms with van der Waals surface area (Å²) in [4.78, 5) is 12.0. The molecule has 2 aliphatic carbocycles. The molecule has 0 saturated heterocycles. The summed E-state index contributed by atoms with van der Waals surface area (Å²) in [6.45, 7) is 0. The van der Waals surface area contributed by atoms with E-state index in [0.29, 0.717) is 24.8 Å². The maximum Gasteiger partial charge on any atom is 0.416 e.